The van der Waals surface area contributed by atoms with Crippen LogP contribution in [-0.2, 0) is 11.3 Å². The van der Waals surface area contributed by atoms with E-state index in [9.17, 15) is 0 Å². The van der Waals surface area contributed by atoms with Crippen molar-refractivity contribution in [3.63, 3.8) is 0 Å². The minimum Gasteiger partial charge on any atom is -0.384 e. The maximum Gasteiger partial charge on any atom is 0.134 e. The molecule has 4 nitrogen and oxygen atoms in total. The molecule has 2 rings (SSSR count). The van der Waals surface area contributed by atoms with Crippen LogP contribution < -0.4 is 5.73 Å². The van der Waals surface area contributed by atoms with Gasteiger partial charge < -0.3 is 10.5 Å². The van der Waals surface area contributed by atoms with E-state index >= 15 is 0 Å². The van der Waals surface area contributed by atoms with Gasteiger partial charge in [0, 0.05) is 19.1 Å². The van der Waals surface area contributed by atoms with E-state index in [0.29, 0.717) is 18.3 Å². The predicted octanol–water partition coefficient (Wildman–Crippen LogP) is 2.50. The van der Waals surface area contributed by atoms with Gasteiger partial charge in [-0.2, -0.15) is 0 Å². The molecular formula is C13H21N3O. The van der Waals surface area contributed by atoms with Gasteiger partial charge in [-0.25, -0.2) is 9.97 Å². The molecule has 0 aliphatic heterocycles. The van der Waals surface area contributed by atoms with Crippen LogP contribution in [0.2, 0.25) is 0 Å². The Kier molecular flexibility index (Phi) is 3.94. The summed E-state index contributed by atoms with van der Waals surface area (Å²) in [5.74, 6) is 2.78. The van der Waals surface area contributed by atoms with Crippen LogP contribution >= 0.6 is 0 Å². The van der Waals surface area contributed by atoms with Crippen LogP contribution in [0.4, 0.5) is 5.82 Å². The lowest BCUT2D eigenvalue weighted by molar-refractivity contribution is 0.181. The average molecular weight is 235 g/mol. The molecule has 1 saturated carbocycles. The van der Waals surface area contributed by atoms with Crippen molar-refractivity contribution in [1.29, 1.82) is 0 Å². The van der Waals surface area contributed by atoms with Gasteiger partial charge in [-0.3, -0.25) is 0 Å². The molecule has 1 aliphatic carbocycles. The summed E-state index contributed by atoms with van der Waals surface area (Å²) < 4.78 is 5.10. The van der Waals surface area contributed by atoms with E-state index < -0.39 is 0 Å². The number of hydrogen-bond acceptors (Lipinski definition) is 4. The molecule has 1 heterocycles. The third-order valence-corrected chi connectivity index (χ3v) is 3.49. The molecule has 0 atom stereocenters. The maximum atomic E-state index is 5.82. The van der Waals surface area contributed by atoms with Crippen molar-refractivity contribution in [3.05, 3.63) is 17.6 Å². The smallest absolute Gasteiger partial charge is 0.134 e. The summed E-state index contributed by atoms with van der Waals surface area (Å²) in [7, 11) is 1.67. The van der Waals surface area contributed by atoms with E-state index in [4.69, 9.17) is 10.5 Å². The van der Waals surface area contributed by atoms with Gasteiger partial charge in [0.05, 0.1) is 12.3 Å². The van der Waals surface area contributed by atoms with Gasteiger partial charge >= 0.3 is 0 Å². The Morgan fingerprint density at radius 2 is 2.00 bits per heavy atom. The molecule has 1 fully saturated rings. The van der Waals surface area contributed by atoms with Gasteiger partial charge in [-0.1, -0.05) is 19.8 Å². The summed E-state index contributed by atoms with van der Waals surface area (Å²) in [6, 6.07) is 1.79. The van der Waals surface area contributed by atoms with Crippen LogP contribution in [-0.4, -0.2) is 17.1 Å². The van der Waals surface area contributed by atoms with E-state index in [1.54, 1.807) is 13.2 Å². The molecule has 94 valence electrons. The van der Waals surface area contributed by atoms with E-state index in [1.807, 2.05) is 0 Å². The summed E-state index contributed by atoms with van der Waals surface area (Å²) in [5, 5.41) is 0. The number of anilines is 1. The summed E-state index contributed by atoms with van der Waals surface area (Å²) in [4.78, 5) is 8.93. The minimum atomic E-state index is 0.477. The second kappa shape index (κ2) is 5.45. The van der Waals surface area contributed by atoms with Crippen molar-refractivity contribution in [1.82, 2.24) is 9.97 Å². The zero-order chi connectivity index (χ0) is 12.3. The minimum absolute atomic E-state index is 0.477. The first-order valence-corrected chi connectivity index (χ1v) is 6.31. The Bertz CT molecular complexity index is 373. The lowest BCUT2D eigenvalue weighted by Crippen LogP contribution is -2.15. The third kappa shape index (κ3) is 3.16. The van der Waals surface area contributed by atoms with E-state index in [1.165, 1.54) is 25.7 Å². The molecule has 1 aromatic heterocycles. The second-order valence-electron chi connectivity index (χ2n) is 5.03. The Hall–Kier alpha value is -1.16. The maximum absolute atomic E-state index is 5.82. The molecule has 1 aromatic rings. The third-order valence-electron chi connectivity index (χ3n) is 3.49. The average Bonchev–Trinajstić information content (AvgIpc) is 2.29. The van der Waals surface area contributed by atoms with E-state index in [2.05, 4.69) is 16.9 Å². The molecule has 0 aromatic carbocycles. The number of aromatic nitrogens is 2. The zero-order valence-electron chi connectivity index (χ0n) is 10.6. The molecule has 0 radical (unpaired) electrons. The van der Waals surface area contributed by atoms with E-state index in [0.717, 1.165) is 17.4 Å². The highest BCUT2D eigenvalue weighted by atomic mass is 16.5. The first-order chi connectivity index (χ1) is 8.19. The number of hydrogen-bond donors (Lipinski definition) is 1. The highest BCUT2D eigenvalue weighted by Gasteiger charge is 2.22. The van der Waals surface area contributed by atoms with Crippen LogP contribution in [0.5, 0.6) is 0 Å². The normalized spacial score (nSPS) is 24.8. The molecule has 0 amide bonds. The van der Waals surface area contributed by atoms with Crippen LogP contribution in [0.3, 0.4) is 0 Å². The van der Waals surface area contributed by atoms with Crippen LogP contribution in [0.25, 0.3) is 0 Å². The molecule has 17 heavy (non-hydrogen) atoms. The number of ether oxygens (including phenoxy) is 1. The Morgan fingerprint density at radius 3 is 2.65 bits per heavy atom. The summed E-state index contributed by atoms with van der Waals surface area (Å²) >= 11 is 0. The van der Waals surface area contributed by atoms with Crippen molar-refractivity contribution in [2.75, 3.05) is 12.8 Å². The SMILES string of the molecule is COCc1cc(N)nc(C2CCC(C)CC2)n1. The van der Waals surface area contributed by atoms with Gasteiger partial charge in [-0.05, 0) is 18.8 Å². The van der Waals surface area contributed by atoms with Gasteiger partial charge in [-0.15, -0.1) is 0 Å². The van der Waals surface area contributed by atoms with Crippen molar-refractivity contribution in [3.8, 4) is 0 Å². The molecule has 0 saturated heterocycles. The fraction of sp³-hybridized carbons (Fsp3) is 0.692. The van der Waals surface area contributed by atoms with Crippen molar-refractivity contribution in [2.24, 2.45) is 5.92 Å². The fourth-order valence-corrected chi connectivity index (χ4v) is 2.46. The number of nitrogens with zero attached hydrogens (tertiary/aromatic N) is 2. The van der Waals surface area contributed by atoms with Crippen molar-refractivity contribution in [2.45, 2.75) is 45.1 Å². The topological polar surface area (TPSA) is 61.0 Å². The van der Waals surface area contributed by atoms with E-state index in [-0.39, 0.29) is 0 Å². The van der Waals surface area contributed by atoms with Crippen LogP contribution in [0, 0.1) is 5.92 Å². The predicted molar refractivity (Wildman–Crippen MR) is 67.5 cm³/mol. The number of nitrogen functional groups attached to an aromatic ring is 1. The van der Waals surface area contributed by atoms with Crippen LogP contribution in [0.15, 0.2) is 6.07 Å². The standard InChI is InChI=1S/C13H21N3O/c1-9-3-5-10(6-4-9)13-15-11(8-17-2)7-12(14)16-13/h7,9-10H,3-6,8H2,1-2H3,(H2,14,15,16). The molecule has 2 N–H and O–H groups in total. The molecular weight excluding hydrogens is 214 g/mol. The first-order valence-electron chi connectivity index (χ1n) is 6.31. The second-order valence-corrected chi connectivity index (χ2v) is 5.03. The number of methoxy groups -OCH3 is 1. The molecule has 0 unspecified atom stereocenters. The molecule has 4 heteroatoms. The zero-order valence-corrected chi connectivity index (χ0v) is 10.6. The largest absolute Gasteiger partial charge is 0.384 e. The van der Waals surface area contributed by atoms with Gasteiger partial charge in [0.25, 0.3) is 0 Å². The van der Waals surface area contributed by atoms with Crippen LogP contribution in [0.1, 0.15) is 50.0 Å². The van der Waals surface area contributed by atoms with Crippen molar-refractivity contribution < 1.29 is 4.74 Å². The first kappa shape index (κ1) is 12.3. The highest BCUT2D eigenvalue weighted by molar-refractivity contribution is 5.30. The Balaban J connectivity index is 2.14. The molecule has 0 bridgehead atoms. The molecule has 1 aliphatic rings. The summed E-state index contributed by atoms with van der Waals surface area (Å²) in [6.45, 7) is 2.82. The monoisotopic (exact) mass is 235 g/mol. The van der Waals surface area contributed by atoms with Gasteiger partial charge in [0.15, 0.2) is 0 Å². The fourth-order valence-electron chi connectivity index (χ4n) is 2.46. The number of rotatable bonds is 3. The Morgan fingerprint density at radius 1 is 1.29 bits per heavy atom. The number of nitrogens with two attached hydrogens (primary N) is 1. The van der Waals surface area contributed by atoms with Gasteiger partial charge in [0.1, 0.15) is 11.6 Å². The van der Waals surface area contributed by atoms with Gasteiger partial charge in [0.2, 0.25) is 0 Å². The Labute approximate surface area is 103 Å². The lowest BCUT2D eigenvalue weighted by Gasteiger charge is -2.25. The molecule has 0 spiro atoms. The lowest BCUT2D eigenvalue weighted by atomic mass is 9.82. The summed E-state index contributed by atoms with van der Waals surface area (Å²) in [5.41, 5.74) is 6.70. The highest BCUT2D eigenvalue weighted by Crippen LogP contribution is 2.34. The summed E-state index contributed by atoms with van der Waals surface area (Å²) in [6.07, 6.45) is 4.89. The van der Waals surface area contributed by atoms with Crippen molar-refractivity contribution >= 4 is 5.82 Å². The quantitative estimate of drug-likeness (QED) is 0.874.